The molecule has 1 saturated heterocycles. The minimum atomic E-state index is -0.733. The van der Waals surface area contributed by atoms with Gasteiger partial charge < -0.3 is 4.90 Å². The Hall–Kier alpha value is -2.38. The molecule has 2 aromatic carbocycles. The zero-order chi connectivity index (χ0) is 18.1. The number of hydrogen-bond donors (Lipinski definition) is 0. The fraction of sp³-hybridized carbons (Fsp3) is 0.263. The smallest absolute Gasteiger partial charge is 0.254 e. The topological polar surface area (TPSA) is 36.4 Å². The summed E-state index contributed by atoms with van der Waals surface area (Å²) >= 11 is 1.68. The van der Waals surface area contributed by atoms with Gasteiger partial charge in [-0.3, -0.25) is 9.69 Å². The third-order valence-electron chi connectivity index (χ3n) is 4.47. The number of rotatable bonds is 3. The van der Waals surface area contributed by atoms with Crippen molar-refractivity contribution >= 4 is 27.5 Å². The predicted octanol–water partition coefficient (Wildman–Crippen LogP) is 3.53. The summed E-state index contributed by atoms with van der Waals surface area (Å²) in [5.41, 5.74) is 1.07. The lowest BCUT2D eigenvalue weighted by Crippen LogP contribution is -2.48. The fourth-order valence-electron chi connectivity index (χ4n) is 3.15. The van der Waals surface area contributed by atoms with Gasteiger partial charge in [0.25, 0.3) is 5.91 Å². The largest absolute Gasteiger partial charge is 0.336 e. The first kappa shape index (κ1) is 17.1. The number of aromatic nitrogens is 1. The number of halogens is 2. The van der Waals surface area contributed by atoms with Crippen molar-refractivity contribution in [1.82, 2.24) is 14.8 Å². The van der Waals surface area contributed by atoms with Crippen molar-refractivity contribution in [2.24, 2.45) is 0 Å². The second-order valence-electron chi connectivity index (χ2n) is 6.30. The summed E-state index contributed by atoms with van der Waals surface area (Å²) in [7, 11) is 0. The molecule has 1 aliphatic rings. The van der Waals surface area contributed by atoms with Crippen LogP contribution in [0.15, 0.2) is 42.5 Å². The lowest BCUT2D eigenvalue weighted by atomic mass is 10.1. The van der Waals surface area contributed by atoms with E-state index in [9.17, 15) is 13.6 Å². The fourth-order valence-corrected chi connectivity index (χ4v) is 4.16. The Labute approximate surface area is 153 Å². The first-order chi connectivity index (χ1) is 12.6. The van der Waals surface area contributed by atoms with Crippen LogP contribution in [0.5, 0.6) is 0 Å². The van der Waals surface area contributed by atoms with Crippen LogP contribution in [0.25, 0.3) is 10.2 Å². The summed E-state index contributed by atoms with van der Waals surface area (Å²) in [6.45, 7) is 3.22. The monoisotopic (exact) mass is 373 g/mol. The number of benzene rings is 2. The van der Waals surface area contributed by atoms with Gasteiger partial charge in [0.15, 0.2) is 0 Å². The van der Waals surface area contributed by atoms with Gasteiger partial charge in [-0.05, 0) is 24.3 Å². The van der Waals surface area contributed by atoms with E-state index in [1.54, 1.807) is 16.2 Å². The van der Waals surface area contributed by atoms with E-state index in [2.05, 4.69) is 16.0 Å². The molecule has 26 heavy (non-hydrogen) atoms. The molecule has 1 fully saturated rings. The molecule has 134 valence electrons. The van der Waals surface area contributed by atoms with Gasteiger partial charge in [0.05, 0.1) is 16.8 Å². The Kier molecular flexibility index (Phi) is 4.65. The van der Waals surface area contributed by atoms with E-state index in [4.69, 9.17) is 0 Å². The highest BCUT2D eigenvalue weighted by Gasteiger charge is 2.23. The van der Waals surface area contributed by atoms with Crippen LogP contribution >= 0.6 is 11.3 Å². The van der Waals surface area contributed by atoms with Crippen molar-refractivity contribution in [2.75, 3.05) is 26.2 Å². The maximum absolute atomic E-state index is 13.3. The first-order valence-electron chi connectivity index (χ1n) is 8.41. The molecule has 0 spiro atoms. The van der Waals surface area contributed by atoms with Gasteiger partial charge in [-0.2, -0.15) is 0 Å². The zero-order valence-electron chi connectivity index (χ0n) is 14.0. The molecule has 0 radical (unpaired) electrons. The van der Waals surface area contributed by atoms with E-state index in [-0.39, 0.29) is 11.5 Å². The predicted molar refractivity (Wildman–Crippen MR) is 97.2 cm³/mol. The number of hydrogen-bond acceptors (Lipinski definition) is 4. The summed E-state index contributed by atoms with van der Waals surface area (Å²) in [6, 6.07) is 11.0. The third kappa shape index (κ3) is 3.59. The molecule has 0 aliphatic carbocycles. The summed E-state index contributed by atoms with van der Waals surface area (Å²) < 4.78 is 27.8. The highest BCUT2D eigenvalue weighted by molar-refractivity contribution is 7.18. The lowest BCUT2D eigenvalue weighted by molar-refractivity contribution is 0.0627. The maximum Gasteiger partial charge on any atom is 0.254 e. The highest BCUT2D eigenvalue weighted by Crippen LogP contribution is 2.23. The number of para-hydroxylation sites is 1. The van der Waals surface area contributed by atoms with Crippen LogP contribution in [-0.2, 0) is 6.54 Å². The number of amides is 1. The Morgan fingerprint density at radius 2 is 1.73 bits per heavy atom. The van der Waals surface area contributed by atoms with Crippen LogP contribution < -0.4 is 0 Å². The number of carbonyl (C=O) groups excluding carboxylic acids is 1. The molecule has 0 N–H and O–H groups in total. The van der Waals surface area contributed by atoms with Gasteiger partial charge in [-0.15, -0.1) is 11.3 Å². The van der Waals surface area contributed by atoms with E-state index >= 15 is 0 Å². The molecule has 3 aromatic rings. The standard InChI is InChI=1S/C19H17F2N3OS/c20-14-9-13(10-15(21)11-14)19(25)24-7-5-23(6-8-24)12-18-22-16-3-1-2-4-17(16)26-18/h1-4,9-11H,5-8,12H2. The highest BCUT2D eigenvalue weighted by atomic mass is 32.1. The van der Waals surface area contributed by atoms with Gasteiger partial charge in [-0.25, -0.2) is 13.8 Å². The molecule has 0 unspecified atom stereocenters. The van der Waals surface area contributed by atoms with Gasteiger partial charge in [0, 0.05) is 37.8 Å². The van der Waals surface area contributed by atoms with E-state index in [1.807, 2.05) is 18.2 Å². The van der Waals surface area contributed by atoms with Gasteiger partial charge in [0.2, 0.25) is 0 Å². The number of carbonyl (C=O) groups is 1. The van der Waals surface area contributed by atoms with Gasteiger partial charge in [0.1, 0.15) is 16.6 Å². The molecule has 1 amide bonds. The van der Waals surface area contributed by atoms with Gasteiger partial charge >= 0.3 is 0 Å². The maximum atomic E-state index is 13.3. The van der Waals surface area contributed by atoms with Crippen LogP contribution in [0.2, 0.25) is 0 Å². The van der Waals surface area contributed by atoms with Crippen molar-refractivity contribution in [2.45, 2.75) is 6.54 Å². The zero-order valence-corrected chi connectivity index (χ0v) is 14.8. The van der Waals surface area contributed by atoms with Gasteiger partial charge in [-0.1, -0.05) is 12.1 Å². The normalized spacial score (nSPS) is 15.5. The Morgan fingerprint density at radius 1 is 1.04 bits per heavy atom. The minimum Gasteiger partial charge on any atom is -0.336 e. The third-order valence-corrected chi connectivity index (χ3v) is 5.49. The van der Waals surface area contributed by atoms with Crippen LogP contribution in [0.4, 0.5) is 8.78 Å². The number of fused-ring (bicyclic) bond motifs is 1. The first-order valence-corrected chi connectivity index (χ1v) is 9.22. The van der Waals surface area contributed by atoms with Crippen molar-refractivity contribution in [3.8, 4) is 0 Å². The molecular weight excluding hydrogens is 356 g/mol. The van der Waals surface area contributed by atoms with Crippen molar-refractivity contribution in [1.29, 1.82) is 0 Å². The Balaban J connectivity index is 1.38. The molecule has 2 heterocycles. The van der Waals surface area contributed by atoms with Crippen LogP contribution in [0.1, 0.15) is 15.4 Å². The molecule has 0 bridgehead atoms. The second-order valence-corrected chi connectivity index (χ2v) is 7.42. The summed E-state index contributed by atoms with van der Waals surface area (Å²) in [5.74, 6) is -1.80. The number of nitrogens with zero attached hydrogens (tertiary/aromatic N) is 3. The molecule has 0 atom stereocenters. The molecule has 4 nitrogen and oxygen atoms in total. The van der Waals surface area contributed by atoms with E-state index in [1.165, 1.54) is 4.70 Å². The van der Waals surface area contributed by atoms with Crippen LogP contribution in [0.3, 0.4) is 0 Å². The van der Waals surface area contributed by atoms with E-state index in [0.717, 1.165) is 35.3 Å². The van der Waals surface area contributed by atoms with Crippen LogP contribution in [-0.4, -0.2) is 46.9 Å². The summed E-state index contributed by atoms with van der Waals surface area (Å²) in [4.78, 5) is 21.0. The van der Waals surface area contributed by atoms with Crippen molar-refractivity contribution < 1.29 is 13.6 Å². The Morgan fingerprint density at radius 3 is 2.42 bits per heavy atom. The lowest BCUT2D eigenvalue weighted by Gasteiger charge is -2.34. The quantitative estimate of drug-likeness (QED) is 0.705. The average Bonchev–Trinajstić information content (AvgIpc) is 3.03. The van der Waals surface area contributed by atoms with Crippen molar-refractivity contribution in [3.05, 3.63) is 64.7 Å². The summed E-state index contributed by atoms with van der Waals surface area (Å²) in [6.07, 6.45) is 0. The van der Waals surface area contributed by atoms with E-state index < -0.39 is 11.6 Å². The number of piperazine rings is 1. The SMILES string of the molecule is O=C(c1cc(F)cc(F)c1)N1CCN(Cc2nc3ccccc3s2)CC1. The molecule has 7 heteroatoms. The molecule has 1 aromatic heterocycles. The molecule has 1 aliphatic heterocycles. The Bertz CT molecular complexity index is 898. The van der Waals surface area contributed by atoms with Crippen LogP contribution in [0, 0.1) is 11.6 Å². The summed E-state index contributed by atoms with van der Waals surface area (Å²) in [5, 5.41) is 1.05. The van der Waals surface area contributed by atoms with E-state index in [0.29, 0.717) is 26.2 Å². The second kappa shape index (κ2) is 7.09. The molecule has 0 saturated carbocycles. The minimum absolute atomic E-state index is 0.0575. The average molecular weight is 373 g/mol. The molecule has 4 rings (SSSR count). The molecular formula is C19H17F2N3OS. The van der Waals surface area contributed by atoms with Crippen molar-refractivity contribution in [3.63, 3.8) is 0 Å². The number of thiazole rings is 1.